The Hall–Kier alpha value is -3.24. The molecule has 0 saturated carbocycles. The Balaban J connectivity index is 1.39. The van der Waals surface area contributed by atoms with Crippen LogP contribution in [-0.2, 0) is 142 Å². The van der Waals surface area contributed by atoms with E-state index in [0.717, 1.165) is 0 Å². The van der Waals surface area contributed by atoms with E-state index in [4.69, 9.17) is 142 Å². The van der Waals surface area contributed by atoms with Gasteiger partial charge in [0.25, 0.3) is 0 Å². The Labute approximate surface area is 561 Å². The second-order valence-electron chi connectivity index (χ2n) is 23.1. The van der Waals surface area contributed by atoms with Gasteiger partial charge in [0, 0.05) is 99.5 Å². The SMILES string of the molecule is COCC1OC2OC3C(COCCC#N)OC(OC4C(COCCC#N)OC(OC5C(COCCC#N)OC(OC6C(COC)OC(OC7C(COCCC#N)OC(OC1C(OC)C2OC)C(OC)C7OC)C(OC)C6OC)C(OC)C5OC)C(OC)C4OC)C(OC)C3OC. The smallest absolute Gasteiger partial charge is 0.187 e. The highest BCUT2D eigenvalue weighted by atomic mass is 16.8. The number of ether oxygens (including phenoxy) is 30. The van der Waals surface area contributed by atoms with E-state index >= 15 is 0 Å². The number of rotatable bonds is 32. The standard InChI is InChI=1S/C62H100N4O30/c1-67-27-33-39-45(69-3)52(76-10)58(86-33)94-42-36(30-82-24-16-20-64)89-61(55(79-13)48(42)72-6)96-44-38(32-84-26-18-22-66)90-62(56(80-14)50(44)74-8)95-43-37(31-83-25-17-21-65)88-60(54(78-12)49(43)73-7)92-40-34(28-68-2)85-57(51(75-9)46(40)70-4)93-41-35(29-81-23-15-19-63)87-59(91-39)53(77-11)47(41)71-5/h33-62H,15-18,23-32H2,1-14H3. The van der Waals surface area contributed by atoms with Gasteiger partial charge in [-0.2, -0.15) is 21.0 Å². The zero-order valence-electron chi connectivity index (χ0n) is 57.3. The lowest BCUT2D eigenvalue weighted by Crippen LogP contribution is -2.70. The van der Waals surface area contributed by atoms with Crippen LogP contribution in [0.2, 0.25) is 0 Å². The predicted molar refractivity (Wildman–Crippen MR) is 319 cm³/mol. The lowest BCUT2D eigenvalue weighted by molar-refractivity contribution is -0.410. The van der Waals surface area contributed by atoms with Crippen molar-refractivity contribution in [2.45, 2.75) is 210 Å². The van der Waals surface area contributed by atoms with Crippen LogP contribution >= 0.6 is 0 Å². The maximum atomic E-state index is 9.57. The summed E-state index contributed by atoms with van der Waals surface area (Å²) in [5.41, 5.74) is 0. The third-order valence-corrected chi connectivity index (χ3v) is 17.8. The largest absolute Gasteiger partial charge is 0.382 e. The first-order valence-corrected chi connectivity index (χ1v) is 31.8. The number of hydrogen-bond donors (Lipinski definition) is 0. The molecule has 0 N–H and O–H groups in total. The third-order valence-electron chi connectivity index (χ3n) is 17.8. The van der Waals surface area contributed by atoms with E-state index < -0.39 is 184 Å². The third kappa shape index (κ3) is 19.3. The van der Waals surface area contributed by atoms with Crippen LogP contribution in [-0.4, -0.2) is 350 Å². The first-order chi connectivity index (χ1) is 46.9. The van der Waals surface area contributed by atoms with Crippen LogP contribution in [0.3, 0.4) is 0 Å². The fourth-order valence-corrected chi connectivity index (χ4v) is 13.3. The van der Waals surface area contributed by atoms with Crippen LogP contribution in [0.5, 0.6) is 0 Å². The molecular weight excluding hydrogens is 1280 g/mol. The van der Waals surface area contributed by atoms with E-state index in [2.05, 4.69) is 24.3 Å². The molecule has 22 heterocycles. The summed E-state index contributed by atoms with van der Waals surface area (Å²) in [6.45, 7) is -0.787. The summed E-state index contributed by atoms with van der Waals surface area (Å²) in [5, 5.41) is 38.2. The summed E-state index contributed by atoms with van der Waals surface area (Å²) in [6.07, 6.45) is -33.4. The first kappa shape index (κ1) is 80.1. The van der Waals surface area contributed by atoms with Crippen molar-refractivity contribution >= 4 is 0 Å². The fourth-order valence-electron chi connectivity index (χ4n) is 13.3. The van der Waals surface area contributed by atoms with E-state index in [1.807, 2.05) is 0 Å². The van der Waals surface area contributed by atoms with Crippen molar-refractivity contribution < 1.29 is 142 Å². The minimum absolute atomic E-state index is 0.0141. The maximum absolute atomic E-state index is 9.57. The molecule has 34 nitrogen and oxygen atoms in total. The molecule has 0 aromatic heterocycles. The summed E-state index contributed by atoms with van der Waals surface area (Å²) in [5.74, 6) is 0. The van der Waals surface area contributed by atoms with Crippen LogP contribution in [0.4, 0.5) is 0 Å². The van der Waals surface area contributed by atoms with E-state index in [1.165, 1.54) is 99.5 Å². The zero-order chi connectivity index (χ0) is 69.3. The highest BCUT2D eigenvalue weighted by Crippen LogP contribution is 2.42. The zero-order valence-corrected chi connectivity index (χ0v) is 57.3. The summed E-state index contributed by atoms with van der Waals surface area (Å²) >= 11 is 0. The Morgan fingerprint density at radius 3 is 0.510 bits per heavy atom. The lowest BCUT2D eigenvalue weighted by atomic mass is 9.94. The highest BCUT2D eigenvalue weighted by Gasteiger charge is 2.61. The van der Waals surface area contributed by atoms with Gasteiger partial charge in [-0.3, -0.25) is 0 Å². The molecule has 0 aromatic carbocycles. The van der Waals surface area contributed by atoms with Crippen LogP contribution < -0.4 is 0 Å². The van der Waals surface area contributed by atoms with Crippen molar-refractivity contribution in [3.05, 3.63) is 0 Å². The number of hydrogen-bond acceptors (Lipinski definition) is 34. The Morgan fingerprint density at radius 2 is 0.375 bits per heavy atom. The van der Waals surface area contributed by atoms with Gasteiger partial charge in [0.2, 0.25) is 0 Å². The van der Waals surface area contributed by atoms with Gasteiger partial charge in [-0.25, -0.2) is 0 Å². The van der Waals surface area contributed by atoms with Crippen molar-refractivity contribution in [1.82, 2.24) is 0 Å². The summed E-state index contributed by atoms with van der Waals surface area (Å²) < 4.78 is 195. The van der Waals surface area contributed by atoms with E-state index in [9.17, 15) is 21.0 Å². The van der Waals surface area contributed by atoms with Crippen molar-refractivity contribution in [1.29, 1.82) is 21.0 Å². The van der Waals surface area contributed by atoms with Crippen molar-refractivity contribution in [3.63, 3.8) is 0 Å². The van der Waals surface area contributed by atoms with E-state index in [1.54, 1.807) is 0 Å². The van der Waals surface area contributed by atoms with Crippen molar-refractivity contribution in [2.75, 3.05) is 166 Å². The predicted octanol–water partition coefficient (Wildman–Crippen LogP) is -0.145. The number of nitrogens with zero attached hydrogens (tertiary/aromatic N) is 4. The molecule has 0 aliphatic carbocycles. The molecule has 22 aliphatic heterocycles. The van der Waals surface area contributed by atoms with Crippen LogP contribution in [0.25, 0.3) is 0 Å². The molecule has 0 radical (unpaired) electrons. The van der Waals surface area contributed by atoms with E-state index in [-0.39, 0.29) is 91.8 Å². The monoisotopic (exact) mass is 1380 g/mol. The molecule has 30 atom stereocenters. The van der Waals surface area contributed by atoms with Gasteiger partial charge in [0.1, 0.15) is 146 Å². The first-order valence-electron chi connectivity index (χ1n) is 31.8. The van der Waals surface area contributed by atoms with Gasteiger partial charge < -0.3 is 142 Å². The summed E-state index contributed by atoms with van der Waals surface area (Å²) in [4.78, 5) is 0. The Morgan fingerprint density at radius 1 is 0.219 bits per heavy atom. The lowest BCUT2D eigenvalue weighted by Gasteiger charge is -2.53. The minimum Gasteiger partial charge on any atom is -0.382 e. The molecule has 12 bridgehead atoms. The number of methoxy groups -OCH3 is 14. The molecule has 0 spiro atoms. The molecular formula is C62H100N4O30. The molecule has 22 saturated heterocycles. The van der Waals surface area contributed by atoms with Crippen molar-refractivity contribution in [3.8, 4) is 24.3 Å². The maximum Gasteiger partial charge on any atom is 0.187 e. The molecule has 22 rings (SSSR count). The molecule has 22 fully saturated rings. The average molecular weight is 1380 g/mol. The van der Waals surface area contributed by atoms with Gasteiger partial charge in [-0.05, 0) is 0 Å². The number of nitriles is 4. The van der Waals surface area contributed by atoms with Gasteiger partial charge >= 0.3 is 0 Å². The van der Waals surface area contributed by atoms with Gasteiger partial charge in [-0.15, -0.1) is 0 Å². The molecule has 548 valence electrons. The van der Waals surface area contributed by atoms with Gasteiger partial charge in [0.05, 0.1) is 116 Å². The van der Waals surface area contributed by atoms with Gasteiger partial charge in [0.15, 0.2) is 37.7 Å². The van der Waals surface area contributed by atoms with Crippen LogP contribution in [0, 0.1) is 45.3 Å². The molecule has 30 unspecified atom stereocenters. The molecule has 34 heteroatoms. The average Bonchev–Trinajstić information content (AvgIpc) is 0.769. The second kappa shape index (κ2) is 41.6. The summed E-state index contributed by atoms with van der Waals surface area (Å²) in [7, 11) is 20.5. The fraction of sp³-hybridized carbons (Fsp3) is 0.935. The quantitative estimate of drug-likeness (QED) is 0.0791. The molecule has 22 aliphatic rings. The molecule has 0 aromatic rings. The van der Waals surface area contributed by atoms with Crippen molar-refractivity contribution in [2.24, 2.45) is 0 Å². The normalized spacial score (nSPS) is 41.4. The minimum atomic E-state index is -1.34. The summed E-state index contributed by atoms with van der Waals surface area (Å²) in [6, 6.07) is 8.40. The van der Waals surface area contributed by atoms with Crippen LogP contribution in [0.15, 0.2) is 0 Å². The van der Waals surface area contributed by atoms with E-state index in [0.29, 0.717) is 0 Å². The molecule has 0 amide bonds. The second-order valence-corrected chi connectivity index (χ2v) is 23.1. The van der Waals surface area contributed by atoms with Gasteiger partial charge in [-0.1, -0.05) is 0 Å². The Bertz CT molecular complexity index is 2350. The topological polar surface area (TPSA) is 372 Å². The Kier molecular flexibility index (Phi) is 34.7. The van der Waals surface area contributed by atoms with Crippen LogP contribution in [0.1, 0.15) is 25.7 Å². The molecule has 96 heavy (non-hydrogen) atoms. The highest BCUT2D eigenvalue weighted by molar-refractivity contribution is 5.04.